The molecule has 1 N–H and O–H groups in total. The van der Waals surface area contributed by atoms with E-state index in [0.29, 0.717) is 12.3 Å². The number of hydrogen-bond donors (Lipinski definition) is 1. The third kappa shape index (κ3) is 3.28. The molecule has 20 heavy (non-hydrogen) atoms. The van der Waals surface area contributed by atoms with Gasteiger partial charge in [-0.1, -0.05) is 30.7 Å². The minimum Gasteiger partial charge on any atom is -0.316 e. The second kappa shape index (κ2) is 6.51. The van der Waals surface area contributed by atoms with Crippen molar-refractivity contribution in [2.45, 2.75) is 32.2 Å². The van der Waals surface area contributed by atoms with Crippen LogP contribution in [0, 0.1) is 5.92 Å². The summed E-state index contributed by atoms with van der Waals surface area (Å²) in [6.07, 6.45) is 4.54. The Morgan fingerprint density at radius 2 is 2.10 bits per heavy atom. The van der Waals surface area contributed by atoms with Crippen LogP contribution in [0.3, 0.4) is 0 Å². The quantitative estimate of drug-likeness (QED) is 0.913. The van der Waals surface area contributed by atoms with Gasteiger partial charge in [-0.3, -0.25) is 9.69 Å². The molecule has 1 fully saturated rings. The van der Waals surface area contributed by atoms with Crippen molar-refractivity contribution in [2.75, 3.05) is 26.2 Å². The second-order valence-corrected chi connectivity index (χ2v) is 6.09. The van der Waals surface area contributed by atoms with E-state index >= 15 is 0 Å². The van der Waals surface area contributed by atoms with Crippen LogP contribution < -0.4 is 5.32 Å². The van der Waals surface area contributed by atoms with Gasteiger partial charge in [-0.25, -0.2) is 0 Å². The van der Waals surface area contributed by atoms with Crippen molar-refractivity contribution in [3.63, 3.8) is 0 Å². The summed E-state index contributed by atoms with van der Waals surface area (Å²) in [4.78, 5) is 14.8. The molecule has 0 saturated carbocycles. The maximum Gasteiger partial charge on any atom is 0.151 e. The molecule has 2 aliphatic rings. The lowest BCUT2D eigenvalue weighted by Gasteiger charge is -2.29. The molecule has 2 aliphatic heterocycles. The third-order valence-corrected chi connectivity index (χ3v) is 4.59. The van der Waals surface area contributed by atoms with Crippen molar-refractivity contribution in [1.82, 2.24) is 10.2 Å². The fourth-order valence-electron chi connectivity index (χ4n) is 3.33. The van der Waals surface area contributed by atoms with Crippen LogP contribution in [0.15, 0.2) is 24.3 Å². The minimum atomic E-state index is 0.231. The first-order valence-corrected chi connectivity index (χ1v) is 7.85. The van der Waals surface area contributed by atoms with E-state index in [1.807, 2.05) is 0 Å². The molecule has 0 aromatic heterocycles. The van der Waals surface area contributed by atoms with Crippen LogP contribution in [-0.2, 0) is 17.8 Å². The van der Waals surface area contributed by atoms with Crippen LogP contribution in [0.2, 0.25) is 0 Å². The molecule has 0 amide bonds. The summed E-state index contributed by atoms with van der Waals surface area (Å²) in [6.45, 7) is 4.52. The number of Topliss-reactive ketones (excluding diaryl/α,β-unsaturated/α-hetero) is 1. The number of ketones is 1. The Kier molecular flexibility index (Phi) is 4.48. The first-order valence-electron chi connectivity index (χ1n) is 7.85. The Hall–Kier alpha value is -1.19. The number of hydrogen-bond acceptors (Lipinski definition) is 3. The van der Waals surface area contributed by atoms with Gasteiger partial charge < -0.3 is 5.32 Å². The lowest BCUT2D eigenvalue weighted by molar-refractivity contribution is -0.124. The molecule has 3 heteroatoms. The number of carbonyl (C=O) groups excluding carboxylic acids is 1. The van der Waals surface area contributed by atoms with Gasteiger partial charge in [0.1, 0.15) is 0 Å². The van der Waals surface area contributed by atoms with Gasteiger partial charge in [-0.2, -0.15) is 0 Å². The van der Waals surface area contributed by atoms with Gasteiger partial charge in [0.2, 0.25) is 0 Å². The van der Waals surface area contributed by atoms with Gasteiger partial charge in [-0.05, 0) is 36.9 Å². The van der Waals surface area contributed by atoms with Gasteiger partial charge in [0.25, 0.3) is 0 Å². The summed E-state index contributed by atoms with van der Waals surface area (Å²) in [7, 11) is 0. The summed E-state index contributed by atoms with van der Waals surface area (Å²) in [5.41, 5.74) is 2.85. The average Bonchev–Trinajstić information content (AvgIpc) is 2.76. The van der Waals surface area contributed by atoms with E-state index < -0.39 is 0 Å². The summed E-state index contributed by atoms with van der Waals surface area (Å²) >= 11 is 0. The fraction of sp³-hybridized carbons (Fsp3) is 0.588. The van der Waals surface area contributed by atoms with Crippen molar-refractivity contribution in [2.24, 2.45) is 5.92 Å². The molecule has 1 unspecified atom stereocenters. The first-order chi connectivity index (χ1) is 9.83. The van der Waals surface area contributed by atoms with E-state index in [9.17, 15) is 4.79 Å². The highest BCUT2D eigenvalue weighted by Crippen LogP contribution is 2.19. The number of benzene rings is 1. The van der Waals surface area contributed by atoms with Gasteiger partial charge >= 0.3 is 0 Å². The number of rotatable bonds is 3. The fourth-order valence-corrected chi connectivity index (χ4v) is 3.33. The summed E-state index contributed by atoms with van der Waals surface area (Å²) in [6, 6.07) is 8.61. The number of carbonyl (C=O) groups is 1. The van der Waals surface area contributed by atoms with Crippen LogP contribution in [-0.4, -0.2) is 36.9 Å². The van der Waals surface area contributed by atoms with Crippen molar-refractivity contribution < 1.29 is 4.79 Å². The lowest BCUT2D eigenvalue weighted by Crippen LogP contribution is -2.39. The van der Waals surface area contributed by atoms with E-state index in [0.717, 1.165) is 39.0 Å². The van der Waals surface area contributed by atoms with Crippen LogP contribution in [0.25, 0.3) is 0 Å². The highest BCUT2D eigenvalue weighted by molar-refractivity contribution is 5.83. The Morgan fingerprint density at radius 3 is 3.00 bits per heavy atom. The van der Waals surface area contributed by atoms with Gasteiger partial charge in [0.05, 0.1) is 6.54 Å². The zero-order chi connectivity index (χ0) is 13.8. The number of fused-ring (bicyclic) bond motifs is 1. The molecule has 3 rings (SSSR count). The molecular weight excluding hydrogens is 248 g/mol. The smallest absolute Gasteiger partial charge is 0.151 e. The molecule has 1 saturated heterocycles. The molecule has 0 bridgehead atoms. The topological polar surface area (TPSA) is 32.3 Å². The predicted octanol–water partition coefficient (Wildman–Crippen LogP) is 2.00. The summed E-state index contributed by atoms with van der Waals surface area (Å²) in [5, 5.41) is 3.39. The zero-order valence-electron chi connectivity index (χ0n) is 12.1. The maximum atomic E-state index is 12.4. The molecule has 3 nitrogen and oxygen atoms in total. The Balaban J connectivity index is 1.57. The van der Waals surface area contributed by atoms with Crippen molar-refractivity contribution in [1.29, 1.82) is 0 Å². The van der Waals surface area contributed by atoms with Gasteiger partial charge in [0, 0.05) is 25.6 Å². The molecule has 0 radical (unpaired) electrons. The van der Waals surface area contributed by atoms with Crippen LogP contribution >= 0.6 is 0 Å². The molecule has 0 spiro atoms. The summed E-state index contributed by atoms with van der Waals surface area (Å²) < 4.78 is 0. The van der Waals surface area contributed by atoms with Crippen LogP contribution in [0.4, 0.5) is 0 Å². The van der Waals surface area contributed by atoms with Crippen LogP contribution in [0.1, 0.15) is 30.4 Å². The van der Waals surface area contributed by atoms with E-state index in [1.54, 1.807) is 0 Å². The molecule has 2 heterocycles. The monoisotopic (exact) mass is 272 g/mol. The molecule has 1 aromatic carbocycles. The predicted molar refractivity (Wildman–Crippen MR) is 80.6 cm³/mol. The van der Waals surface area contributed by atoms with E-state index in [1.165, 1.54) is 24.0 Å². The molecule has 108 valence electrons. The highest BCUT2D eigenvalue weighted by Gasteiger charge is 2.24. The average molecular weight is 272 g/mol. The minimum absolute atomic E-state index is 0.231. The lowest BCUT2D eigenvalue weighted by atomic mass is 9.96. The van der Waals surface area contributed by atoms with E-state index in [4.69, 9.17) is 0 Å². The standard InChI is InChI=1S/C17H24N2O/c20-17(15-6-3-4-9-18-11-15)13-19-10-8-14-5-1-2-7-16(14)12-19/h1-2,5,7,15,18H,3-4,6,8-13H2. The van der Waals surface area contributed by atoms with E-state index in [-0.39, 0.29) is 5.92 Å². The SMILES string of the molecule is O=C(CN1CCc2ccccc2C1)C1CCCCNC1. The normalized spacial score (nSPS) is 23.9. The van der Waals surface area contributed by atoms with Crippen LogP contribution in [0.5, 0.6) is 0 Å². The van der Waals surface area contributed by atoms with Crippen molar-refractivity contribution in [3.05, 3.63) is 35.4 Å². The maximum absolute atomic E-state index is 12.4. The second-order valence-electron chi connectivity index (χ2n) is 6.09. The Morgan fingerprint density at radius 1 is 1.25 bits per heavy atom. The van der Waals surface area contributed by atoms with E-state index in [2.05, 4.69) is 34.5 Å². The third-order valence-electron chi connectivity index (χ3n) is 4.59. The molecular formula is C17H24N2O. The Labute approximate surface area is 121 Å². The van der Waals surface area contributed by atoms with Gasteiger partial charge in [0.15, 0.2) is 5.78 Å². The largest absolute Gasteiger partial charge is 0.316 e. The zero-order valence-corrected chi connectivity index (χ0v) is 12.1. The molecule has 0 aliphatic carbocycles. The van der Waals surface area contributed by atoms with Crippen molar-refractivity contribution >= 4 is 5.78 Å². The Bertz CT molecular complexity index is 464. The van der Waals surface area contributed by atoms with Gasteiger partial charge in [-0.15, -0.1) is 0 Å². The molecule has 1 aromatic rings. The highest BCUT2D eigenvalue weighted by atomic mass is 16.1. The first kappa shape index (κ1) is 13.8. The number of nitrogens with zero attached hydrogens (tertiary/aromatic N) is 1. The van der Waals surface area contributed by atoms with Crippen molar-refractivity contribution in [3.8, 4) is 0 Å². The summed E-state index contributed by atoms with van der Waals surface area (Å²) in [5.74, 6) is 0.661. The number of nitrogens with one attached hydrogen (secondary N) is 1. The molecule has 1 atom stereocenters.